The highest BCUT2D eigenvalue weighted by Crippen LogP contribution is 2.25. The molecule has 0 fully saturated rings. The number of hydrogen-bond acceptors (Lipinski definition) is 3. The number of halogens is 1. The first kappa shape index (κ1) is 12.1. The molecule has 0 amide bonds. The molecule has 2 aromatic rings. The van der Waals surface area contributed by atoms with Crippen molar-refractivity contribution in [3.05, 3.63) is 52.2 Å². The number of aromatic nitrogens is 1. The van der Waals surface area contributed by atoms with Crippen LogP contribution in [0.5, 0.6) is 0 Å². The molecule has 1 atom stereocenters. The van der Waals surface area contributed by atoms with E-state index >= 15 is 0 Å². The van der Waals surface area contributed by atoms with Gasteiger partial charge in [0, 0.05) is 24.0 Å². The summed E-state index contributed by atoms with van der Waals surface area (Å²) in [4.78, 5) is 3.96. The third-order valence-corrected chi connectivity index (χ3v) is 3.12. The van der Waals surface area contributed by atoms with Crippen molar-refractivity contribution in [1.29, 1.82) is 0 Å². The number of furan rings is 1. The van der Waals surface area contributed by atoms with E-state index in [1.807, 2.05) is 26.0 Å². The first-order chi connectivity index (χ1) is 8.08. The normalized spacial score (nSPS) is 12.7. The molecule has 0 radical (unpaired) electrons. The second-order valence-electron chi connectivity index (χ2n) is 4.15. The Kier molecular flexibility index (Phi) is 3.50. The third-order valence-electron chi connectivity index (χ3n) is 2.78. The third kappa shape index (κ3) is 2.68. The summed E-state index contributed by atoms with van der Waals surface area (Å²) in [7, 11) is 0. The van der Waals surface area contributed by atoms with E-state index in [2.05, 4.69) is 4.98 Å². The monoisotopic (exact) mass is 250 g/mol. The minimum Gasteiger partial charge on any atom is -0.466 e. The van der Waals surface area contributed by atoms with Crippen LogP contribution in [0.3, 0.4) is 0 Å². The summed E-state index contributed by atoms with van der Waals surface area (Å²) < 4.78 is 5.48. The van der Waals surface area contributed by atoms with Crippen LogP contribution in [0.1, 0.15) is 28.7 Å². The molecule has 0 saturated carbocycles. The maximum absolute atomic E-state index is 6.17. The quantitative estimate of drug-likeness (QED) is 0.910. The van der Waals surface area contributed by atoms with Crippen LogP contribution in [0, 0.1) is 13.8 Å². The van der Waals surface area contributed by atoms with Crippen LogP contribution in [0.4, 0.5) is 0 Å². The number of nitrogens with zero attached hydrogens (tertiary/aromatic N) is 1. The summed E-state index contributed by atoms with van der Waals surface area (Å²) in [5.41, 5.74) is 8.22. The van der Waals surface area contributed by atoms with Crippen molar-refractivity contribution >= 4 is 11.6 Å². The fourth-order valence-electron chi connectivity index (χ4n) is 1.94. The predicted molar refractivity (Wildman–Crippen MR) is 68.1 cm³/mol. The van der Waals surface area contributed by atoms with Crippen molar-refractivity contribution in [2.24, 2.45) is 5.73 Å². The topological polar surface area (TPSA) is 52.0 Å². The first-order valence-electron chi connectivity index (χ1n) is 5.49. The Balaban J connectivity index is 2.20. The predicted octanol–water partition coefficient (Wildman–Crippen LogP) is 3.19. The van der Waals surface area contributed by atoms with Gasteiger partial charge in [-0.3, -0.25) is 4.98 Å². The average molecular weight is 251 g/mol. The maximum atomic E-state index is 6.17. The molecule has 0 aliphatic rings. The molecular formula is C13H15ClN2O. The van der Waals surface area contributed by atoms with E-state index in [0.717, 1.165) is 22.6 Å². The lowest BCUT2D eigenvalue weighted by Gasteiger charge is -2.11. The molecule has 0 spiro atoms. The molecule has 17 heavy (non-hydrogen) atoms. The van der Waals surface area contributed by atoms with Crippen molar-refractivity contribution < 1.29 is 4.42 Å². The number of rotatable bonds is 3. The van der Waals surface area contributed by atoms with E-state index in [-0.39, 0.29) is 6.04 Å². The van der Waals surface area contributed by atoms with Crippen LogP contribution in [-0.2, 0) is 6.42 Å². The number of aryl methyl sites for hydroxylation is 2. The fraction of sp³-hybridized carbons (Fsp3) is 0.308. The molecule has 0 saturated heterocycles. The highest BCUT2D eigenvalue weighted by atomic mass is 35.5. The van der Waals surface area contributed by atoms with Crippen LogP contribution in [0.2, 0.25) is 5.02 Å². The van der Waals surface area contributed by atoms with Crippen molar-refractivity contribution in [3.8, 4) is 0 Å². The van der Waals surface area contributed by atoms with E-state index in [0.29, 0.717) is 11.4 Å². The fourth-order valence-corrected chi connectivity index (χ4v) is 2.13. The summed E-state index contributed by atoms with van der Waals surface area (Å²) >= 11 is 6.06. The molecule has 2 rings (SSSR count). The Labute approximate surface area is 106 Å². The van der Waals surface area contributed by atoms with E-state index in [1.165, 1.54) is 0 Å². The SMILES string of the molecule is Cc1cc(C(N)Cc2ccncc2Cl)c(C)o1. The minimum absolute atomic E-state index is 0.104. The van der Waals surface area contributed by atoms with Crippen LogP contribution in [0.15, 0.2) is 28.9 Å². The van der Waals surface area contributed by atoms with Gasteiger partial charge in [0.25, 0.3) is 0 Å². The van der Waals surface area contributed by atoms with Gasteiger partial charge in [-0.2, -0.15) is 0 Å². The minimum atomic E-state index is -0.104. The summed E-state index contributed by atoms with van der Waals surface area (Å²) in [6.07, 6.45) is 4.04. The smallest absolute Gasteiger partial charge is 0.105 e. The number of hydrogen-bond donors (Lipinski definition) is 1. The highest BCUT2D eigenvalue weighted by Gasteiger charge is 2.14. The first-order valence-corrected chi connectivity index (χ1v) is 5.86. The zero-order valence-corrected chi connectivity index (χ0v) is 10.7. The van der Waals surface area contributed by atoms with Gasteiger partial charge in [-0.15, -0.1) is 0 Å². The number of pyridine rings is 1. The van der Waals surface area contributed by atoms with E-state index in [4.69, 9.17) is 21.8 Å². The van der Waals surface area contributed by atoms with Gasteiger partial charge >= 0.3 is 0 Å². The molecule has 0 aliphatic heterocycles. The molecular weight excluding hydrogens is 236 g/mol. The van der Waals surface area contributed by atoms with Crippen LogP contribution >= 0.6 is 11.6 Å². The van der Waals surface area contributed by atoms with E-state index < -0.39 is 0 Å². The van der Waals surface area contributed by atoms with Crippen LogP contribution in [0.25, 0.3) is 0 Å². The van der Waals surface area contributed by atoms with E-state index in [1.54, 1.807) is 12.4 Å². The Morgan fingerprint density at radius 1 is 1.47 bits per heavy atom. The standard InChI is InChI=1S/C13H15ClN2O/c1-8-5-11(9(2)17-8)13(15)6-10-3-4-16-7-12(10)14/h3-5,7,13H,6,15H2,1-2H3. The molecule has 4 heteroatoms. The maximum Gasteiger partial charge on any atom is 0.105 e. The Bertz CT molecular complexity index is 522. The van der Waals surface area contributed by atoms with Gasteiger partial charge in [-0.1, -0.05) is 11.6 Å². The lowest BCUT2D eigenvalue weighted by molar-refractivity contribution is 0.497. The Morgan fingerprint density at radius 2 is 2.24 bits per heavy atom. The molecule has 0 aromatic carbocycles. The molecule has 2 aromatic heterocycles. The Hall–Kier alpha value is -1.32. The molecule has 1 unspecified atom stereocenters. The van der Waals surface area contributed by atoms with Crippen molar-refractivity contribution in [2.45, 2.75) is 26.3 Å². The van der Waals surface area contributed by atoms with Gasteiger partial charge in [0.1, 0.15) is 11.5 Å². The Morgan fingerprint density at radius 3 is 2.82 bits per heavy atom. The summed E-state index contributed by atoms with van der Waals surface area (Å²) in [5.74, 6) is 1.76. The lowest BCUT2D eigenvalue weighted by atomic mass is 10.0. The zero-order valence-electron chi connectivity index (χ0n) is 9.90. The summed E-state index contributed by atoms with van der Waals surface area (Å²) in [6.45, 7) is 3.85. The van der Waals surface area contributed by atoms with Crippen molar-refractivity contribution in [3.63, 3.8) is 0 Å². The largest absolute Gasteiger partial charge is 0.466 e. The summed E-state index contributed by atoms with van der Waals surface area (Å²) in [5, 5.41) is 0.654. The lowest BCUT2D eigenvalue weighted by Crippen LogP contribution is -2.13. The van der Waals surface area contributed by atoms with Crippen molar-refractivity contribution in [1.82, 2.24) is 4.98 Å². The van der Waals surface area contributed by atoms with Crippen LogP contribution in [-0.4, -0.2) is 4.98 Å². The van der Waals surface area contributed by atoms with E-state index in [9.17, 15) is 0 Å². The second-order valence-corrected chi connectivity index (χ2v) is 4.55. The average Bonchev–Trinajstić information content (AvgIpc) is 2.61. The molecule has 0 bridgehead atoms. The molecule has 2 N–H and O–H groups in total. The molecule has 2 heterocycles. The molecule has 3 nitrogen and oxygen atoms in total. The van der Waals surface area contributed by atoms with Gasteiger partial charge in [0.2, 0.25) is 0 Å². The molecule has 90 valence electrons. The van der Waals surface area contributed by atoms with Crippen molar-refractivity contribution in [2.75, 3.05) is 0 Å². The zero-order chi connectivity index (χ0) is 12.4. The second kappa shape index (κ2) is 4.90. The summed E-state index contributed by atoms with van der Waals surface area (Å²) in [6, 6.07) is 3.77. The number of nitrogens with two attached hydrogens (primary N) is 1. The molecule has 0 aliphatic carbocycles. The van der Waals surface area contributed by atoms with Gasteiger partial charge in [0.15, 0.2) is 0 Å². The highest BCUT2D eigenvalue weighted by molar-refractivity contribution is 6.31. The van der Waals surface area contributed by atoms with Crippen LogP contribution < -0.4 is 5.73 Å². The van der Waals surface area contributed by atoms with Gasteiger partial charge in [0.05, 0.1) is 5.02 Å². The van der Waals surface area contributed by atoms with Gasteiger partial charge in [-0.05, 0) is 38.0 Å². The van der Waals surface area contributed by atoms with Gasteiger partial charge < -0.3 is 10.2 Å². The van der Waals surface area contributed by atoms with Gasteiger partial charge in [-0.25, -0.2) is 0 Å².